The number of carbonyl (C=O) groups excluding carboxylic acids is 2. The molecular weight excluding hydrogens is 154 g/mol. The van der Waals surface area contributed by atoms with Gasteiger partial charge in [0, 0.05) is 19.5 Å². The van der Waals surface area contributed by atoms with Gasteiger partial charge in [-0.1, -0.05) is 0 Å². The molecule has 0 unspecified atom stereocenters. The number of nitrogens with zero attached hydrogens (tertiary/aromatic N) is 1. The zero-order valence-electron chi connectivity index (χ0n) is 8.09. The van der Waals surface area contributed by atoms with Crippen molar-refractivity contribution in [3.63, 3.8) is 0 Å². The molecule has 1 aliphatic heterocycles. The highest BCUT2D eigenvalue weighted by atomic mass is 16.2. The fraction of sp³-hybridized carbons (Fsp3) is 0.778. The first-order valence-electron chi connectivity index (χ1n) is 4.32. The van der Waals surface area contributed by atoms with Gasteiger partial charge in [-0.2, -0.15) is 0 Å². The Morgan fingerprint density at radius 3 is 2.17 bits per heavy atom. The van der Waals surface area contributed by atoms with Crippen LogP contribution in [-0.2, 0) is 9.59 Å². The van der Waals surface area contributed by atoms with Gasteiger partial charge in [-0.15, -0.1) is 0 Å². The lowest BCUT2D eigenvalue weighted by molar-refractivity contribution is -0.127. The van der Waals surface area contributed by atoms with Crippen LogP contribution in [-0.4, -0.2) is 29.7 Å². The highest BCUT2D eigenvalue weighted by Crippen LogP contribution is 2.07. The number of hydrogen-bond donors (Lipinski definition) is 0. The quantitative estimate of drug-likeness (QED) is 0.595. The Morgan fingerprint density at radius 1 is 1.50 bits per heavy atom. The van der Waals surface area contributed by atoms with E-state index in [1.165, 1.54) is 13.8 Å². The SMILES string of the molecule is CC(C)=O.CCN1CCCC1=O. The topological polar surface area (TPSA) is 37.4 Å². The largest absolute Gasteiger partial charge is 0.343 e. The van der Waals surface area contributed by atoms with Crippen molar-refractivity contribution in [1.82, 2.24) is 4.90 Å². The van der Waals surface area contributed by atoms with Gasteiger partial charge in [0.25, 0.3) is 0 Å². The van der Waals surface area contributed by atoms with Crippen LogP contribution in [0.1, 0.15) is 33.6 Å². The van der Waals surface area contributed by atoms with Crippen LogP contribution in [0, 0.1) is 0 Å². The lowest BCUT2D eigenvalue weighted by Gasteiger charge is -2.10. The number of hydrogen-bond acceptors (Lipinski definition) is 2. The Hall–Kier alpha value is -0.860. The van der Waals surface area contributed by atoms with Gasteiger partial charge >= 0.3 is 0 Å². The first-order chi connectivity index (χ1) is 5.57. The first kappa shape index (κ1) is 11.1. The van der Waals surface area contributed by atoms with Gasteiger partial charge in [-0.3, -0.25) is 4.79 Å². The predicted molar refractivity (Wildman–Crippen MR) is 47.8 cm³/mol. The minimum absolute atomic E-state index is 0.167. The van der Waals surface area contributed by atoms with Crippen LogP contribution >= 0.6 is 0 Å². The van der Waals surface area contributed by atoms with E-state index in [1.807, 2.05) is 11.8 Å². The zero-order chi connectivity index (χ0) is 9.56. The van der Waals surface area contributed by atoms with Crippen molar-refractivity contribution in [2.24, 2.45) is 0 Å². The Labute approximate surface area is 73.7 Å². The van der Waals surface area contributed by atoms with E-state index in [-0.39, 0.29) is 5.78 Å². The van der Waals surface area contributed by atoms with E-state index in [2.05, 4.69) is 0 Å². The third kappa shape index (κ3) is 4.88. The summed E-state index contributed by atoms with van der Waals surface area (Å²) in [5.41, 5.74) is 0. The van der Waals surface area contributed by atoms with Crippen LogP contribution in [0.25, 0.3) is 0 Å². The normalized spacial score (nSPS) is 15.6. The number of ketones is 1. The lowest BCUT2D eigenvalue weighted by Crippen LogP contribution is -2.23. The molecule has 1 heterocycles. The van der Waals surface area contributed by atoms with E-state index < -0.39 is 0 Å². The molecule has 0 aromatic carbocycles. The molecule has 0 N–H and O–H groups in total. The smallest absolute Gasteiger partial charge is 0.222 e. The highest BCUT2D eigenvalue weighted by Gasteiger charge is 2.16. The van der Waals surface area contributed by atoms with E-state index in [9.17, 15) is 9.59 Å². The monoisotopic (exact) mass is 171 g/mol. The van der Waals surface area contributed by atoms with Crippen LogP contribution in [0.5, 0.6) is 0 Å². The molecular formula is C9H17NO2. The van der Waals surface area contributed by atoms with E-state index in [1.54, 1.807) is 0 Å². The number of likely N-dealkylation sites (tertiary alicyclic amines) is 1. The van der Waals surface area contributed by atoms with Crippen LogP contribution in [0.4, 0.5) is 0 Å². The molecule has 3 nitrogen and oxygen atoms in total. The summed E-state index contributed by atoms with van der Waals surface area (Å²) in [7, 11) is 0. The number of amides is 1. The highest BCUT2D eigenvalue weighted by molar-refractivity contribution is 5.77. The van der Waals surface area contributed by atoms with Crippen LogP contribution in [0.15, 0.2) is 0 Å². The van der Waals surface area contributed by atoms with Crippen molar-refractivity contribution in [1.29, 1.82) is 0 Å². The van der Waals surface area contributed by atoms with Crippen molar-refractivity contribution in [3.05, 3.63) is 0 Å². The Balaban J connectivity index is 0.000000261. The summed E-state index contributed by atoms with van der Waals surface area (Å²) in [6.07, 6.45) is 1.83. The maximum Gasteiger partial charge on any atom is 0.222 e. The minimum Gasteiger partial charge on any atom is -0.343 e. The molecule has 12 heavy (non-hydrogen) atoms. The molecule has 0 bridgehead atoms. The summed E-state index contributed by atoms with van der Waals surface area (Å²) in [5, 5.41) is 0. The first-order valence-corrected chi connectivity index (χ1v) is 4.32. The van der Waals surface area contributed by atoms with Gasteiger partial charge in [0.05, 0.1) is 0 Å². The van der Waals surface area contributed by atoms with Crippen LogP contribution in [0.3, 0.4) is 0 Å². The summed E-state index contributed by atoms with van der Waals surface area (Å²) in [6, 6.07) is 0. The summed E-state index contributed by atoms with van der Waals surface area (Å²) in [4.78, 5) is 22.1. The Bertz CT molecular complexity index is 162. The second-order valence-corrected chi connectivity index (χ2v) is 2.99. The molecule has 70 valence electrons. The van der Waals surface area contributed by atoms with Crippen molar-refractivity contribution < 1.29 is 9.59 Å². The third-order valence-electron chi connectivity index (χ3n) is 1.55. The molecule has 0 aromatic rings. The van der Waals surface area contributed by atoms with Crippen molar-refractivity contribution in [2.75, 3.05) is 13.1 Å². The summed E-state index contributed by atoms with van der Waals surface area (Å²) < 4.78 is 0. The maximum absolute atomic E-state index is 10.7. The Morgan fingerprint density at radius 2 is 2.00 bits per heavy atom. The van der Waals surface area contributed by atoms with Gasteiger partial charge in [0.2, 0.25) is 5.91 Å². The molecule has 3 heteroatoms. The average Bonchev–Trinajstić information content (AvgIpc) is 2.33. The fourth-order valence-electron chi connectivity index (χ4n) is 1.04. The summed E-state index contributed by atoms with van der Waals surface area (Å²) >= 11 is 0. The Kier molecular flexibility index (Phi) is 5.34. The molecule has 0 saturated carbocycles. The molecule has 1 rings (SSSR count). The minimum atomic E-state index is 0.167. The predicted octanol–water partition coefficient (Wildman–Crippen LogP) is 1.22. The maximum atomic E-state index is 10.7. The number of carbonyl (C=O) groups is 2. The van der Waals surface area contributed by atoms with E-state index in [4.69, 9.17) is 0 Å². The molecule has 0 spiro atoms. The van der Waals surface area contributed by atoms with E-state index >= 15 is 0 Å². The zero-order valence-corrected chi connectivity index (χ0v) is 8.09. The number of Topliss-reactive ketones (excluding diaryl/α,β-unsaturated/α-hetero) is 1. The van der Waals surface area contributed by atoms with Crippen LogP contribution < -0.4 is 0 Å². The second kappa shape index (κ2) is 5.75. The van der Waals surface area contributed by atoms with E-state index in [0.29, 0.717) is 5.91 Å². The van der Waals surface area contributed by atoms with Crippen molar-refractivity contribution in [3.8, 4) is 0 Å². The summed E-state index contributed by atoms with van der Waals surface area (Å²) in [6.45, 7) is 6.94. The van der Waals surface area contributed by atoms with Crippen LogP contribution in [0.2, 0.25) is 0 Å². The standard InChI is InChI=1S/C6H11NO.C3H6O/c1-2-7-5-3-4-6(7)8;1-3(2)4/h2-5H2,1H3;1-2H3. The number of rotatable bonds is 1. The molecule has 0 radical (unpaired) electrons. The van der Waals surface area contributed by atoms with Crippen molar-refractivity contribution in [2.45, 2.75) is 33.6 Å². The van der Waals surface area contributed by atoms with E-state index in [0.717, 1.165) is 25.9 Å². The lowest BCUT2D eigenvalue weighted by atomic mass is 10.4. The molecule has 1 amide bonds. The van der Waals surface area contributed by atoms with Gasteiger partial charge in [0.15, 0.2) is 0 Å². The summed E-state index contributed by atoms with van der Waals surface area (Å²) in [5.74, 6) is 0.493. The average molecular weight is 171 g/mol. The fourth-order valence-corrected chi connectivity index (χ4v) is 1.04. The molecule has 1 fully saturated rings. The molecule has 1 aliphatic rings. The van der Waals surface area contributed by atoms with Gasteiger partial charge in [-0.25, -0.2) is 0 Å². The molecule has 0 aliphatic carbocycles. The third-order valence-corrected chi connectivity index (χ3v) is 1.55. The van der Waals surface area contributed by atoms with Gasteiger partial charge in [0.1, 0.15) is 5.78 Å². The van der Waals surface area contributed by atoms with Gasteiger partial charge < -0.3 is 9.69 Å². The van der Waals surface area contributed by atoms with Gasteiger partial charge in [-0.05, 0) is 27.2 Å². The second-order valence-electron chi connectivity index (χ2n) is 2.99. The molecule has 0 aromatic heterocycles. The van der Waals surface area contributed by atoms with Crippen molar-refractivity contribution >= 4 is 11.7 Å². The molecule has 0 atom stereocenters. The molecule has 1 saturated heterocycles.